The molecule has 0 saturated carbocycles. The molecular formula is C11H16N2. The van der Waals surface area contributed by atoms with E-state index in [1.165, 1.54) is 35.5 Å². The van der Waals surface area contributed by atoms with Gasteiger partial charge < -0.3 is 4.57 Å². The highest BCUT2D eigenvalue weighted by atomic mass is 15.0. The van der Waals surface area contributed by atoms with Gasteiger partial charge in [-0.25, -0.2) is 4.98 Å². The molecule has 0 unspecified atom stereocenters. The summed E-state index contributed by atoms with van der Waals surface area (Å²) in [5, 5.41) is 2.53. The first kappa shape index (κ1) is 8.54. The number of nitrogens with zero attached hydrogens (tertiary/aromatic N) is 2. The molecular weight excluding hydrogens is 160 g/mol. The fourth-order valence-corrected chi connectivity index (χ4v) is 1.90. The molecule has 70 valence electrons. The smallest absolute Gasteiger partial charge is 0.106 e. The van der Waals surface area contributed by atoms with Crippen LogP contribution in [0.4, 0.5) is 0 Å². The molecule has 0 saturated heterocycles. The molecule has 1 heterocycles. The summed E-state index contributed by atoms with van der Waals surface area (Å²) in [4.78, 5) is 4.59. The molecule has 0 bridgehead atoms. The Labute approximate surface area is 78.6 Å². The minimum atomic E-state index is 1.11. The van der Waals surface area contributed by atoms with Crippen LogP contribution in [0.1, 0.15) is 32.0 Å². The molecule has 13 heavy (non-hydrogen) atoms. The first-order valence-corrected chi connectivity index (χ1v) is 4.89. The van der Waals surface area contributed by atoms with E-state index in [1.54, 1.807) is 0 Å². The summed E-state index contributed by atoms with van der Waals surface area (Å²) in [5.74, 6) is 1.11. The molecule has 0 N–H and O–H groups in total. The topological polar surface area (TPSA) is 17.8 Å². The molecule has 0 spiro atoms. The molecule has 0 fully saturated rings. The third-order valence-electron chi connectivity index (χ3n) is 2.86. The molecule has 1 aliphatic carbocycles. The van der Waals surface area contributed by atoms with Crippen molar-refractivity contribution in [2.75, 3.05) is 0 Å². The Morgan fingerprint density at radius 3 is 2.92 bits per heavy atom. The molecule has 0 atom stereocenters. The molecule has 1 aromatic heterocycles. The molecule has 1 aliphatic rings. The molecule has 0 aliphatic heterocycles. The molecule has 1 aromatic rings. The maximum absolute atomic E-state index is 4.59. The maximum atomic E-state index is 4.59. The summed E-state index contributed by atoms with van der Waals surface area (Å²) in [7, 11) is 2.09. The highest BCUT2D eigenvalue weighted by Crippen LogP contribution is 2.07. The van der Waals surface area contributed by atoms with Gasteiger partial charge in [0.1, 0.15) is 5.82 Å². The van der Waals surface area contributed by atoms with Crippen LogP contribution in [0.5, 0.6) is 0 Å². The number of aromatic nitrogens is 2. The van der Waals surface area contributed by atoms with Crippen LogP contribution in [0.15, 0.2) is 0 Å². The third kappa shape index (κ3) is 1.30. The predicted octanol–water partition coefficient (Wildman–Crippen LogP) is 0.864. The Kier molecular flexibility index (Phi) is 1.98. The highest BCUT2D eigenvalue weighted by Gasteiger charge is 2.05. The Hall–Kier alpha value is -1.05. The van der Waals surface area contributed by atoms with Crippen molar-refractivity contribution >= 4 is 11.6 Å². The predicted molar refractivity (Wildman–Crippen MR) is 54.6 cm³/mol. The second-order valence-electron chi connectivity index (χ2n) is 3.83. The van der Waals surface area contributed by atoms with Crippen LogP contribution in [-0.4, -0.2) is 9.55 Å². The lowest BCUT2D eigenvalue weighted by atomic mass is 10.1. The fraction of sp³-hybridized carbons (Fsp3) is 0.545. The number of rotatable bonds is 0. The monoisotopic (exact) mass is 176 g/mol. The number of fused-ring (bicyclic) bond motifs is 1. The van der Waals surface area contributed by atoms with Gasteiger partial charge in [0.15, 0.2) is 0 Å². The normalized spacial score (nSPS) is 16.4. The van der Waals surface area contributed by atoms with Crippen molar-refractivity contribution in [2.24, 2.45) is 7.05 Å². The second kappa shape index (κ2) is 3.02. The van der Waals surface area contributed by atoms with E-state index in [-0.39, 0.29) is 0 Å². The van der Waals surface area contributed by atoms with Crippen molar-refractivity contribution in [2.45, 2.75) is 33.1 Å². The van der Waals surface area contributed by atoms with Crippen molar-refractivity contribution in [1.29, 1.82) is 0 Å². The van der Waals surface area contributed by atoms with Gasteiger partial charge in [0.05, 0.1) is 10.7 Å². The highest BCUT2D eigenvalue weighted by molar-refractivity contribution is 5.43. The zero-order valence-corrected chi connectivity index (χ0v) is 8.59. The first-order chi connectivity index (χ1) is 6.20. The summed E-state index contributed by atoms with van der Waals surface area (Å²) in [6.07, 6.45) is 5.95. The van der Waals surface area contributed by atoms with Crippen molar-refractivity contribution < 1.29 is 0 Å². The van der Waals surface area contributed by atoms with Crippen LogP contribution >= 0.6 is 0 Å². The number of aryl methyl sites for hydroxylation is 1. The first-order valence-electron chi connectivity index (χ1n) is 4.89. The van der Waals surface area contributed by atoms with Crippen LogP contribution in [0.2, 0.25) is 0 Å². The third-order valence-corrected chi connectivity index (χ3v) is 2.86. The fourth-order valence-electron chi connectivity index (χ4n) is 1.90. The molecule has 2 nitrogen and oxygen atoms in total. The summed E-state index contributed by atoms with van der Waals surface area (Å²) < 4.78 is 2.18. The van der Waals surface area contributed by atoms with Crippen molar-refractivity contribution in [3.05, 3.63) is 16.5 Å². The summed E-state index contributed by atoms with van der Waals surface area (Å²) >= 11 is 0. The van der Waals surface area contributed by atoms with Gasteiger partial charge in [-0.1, -0.05) is 6.08 Å². The Morgan fingerprint density at radius 1 is 1.38 bits per heavy atom. The van der Waals surface area contributed by atoms with Crippen molar-refractivity contribution in [3.63, 3.8) is 0 Å². The molecule has 0 aromatic carbocycles. The standard InChI is InChI=1S/C11H16N2/c1-8-6-4-5-7-10-11(8)12-9(2)13(10)3/h7H,4-6H2,1-3H3. The quantitative estimate of drug-likeness (QED) is 0.573. The number of imidazole rings is 1. The van der Waals surface area contributed by atoms with Crippen LogP contribution in [0, 0.1) is 6.92 Å². The van der Waals surface area contributed by atoms with E-state index in [1.807, 2.05) is 0 Å². The summed E-state index contributed by atoms with van der Waals surface area (Å²) in [5.41, 5.74) is 1.44. The summed E-state index contributed by atoms with van der Waals surface area (Å²) in [6.45, 7) is 4.26. The van der Waals surface area contributed by atoms with Crippen LogP contribution in [-0.2, 0) is 7.05 Å². The Morgan fingerprint density at radius 2 is 2.15 bits per heavy atom. The lowest BCUT2D eigenvalue weighted by Crippen LogP contribution is -2.29. The molecule has 0 amide bonds. The molecule has 2 rings (SSSR count). The largest absolute Gasteiger partial charge is 0.332 e. The van der Waals surface area contributed by atoms with Gasteiger partial charge in [0, 0.05) is 7.05 Å². The number of hydrogen-bond acceptors (Lipinski definition) is 1. The number of hydrogen-bond donors (Lipinski definition) is 0. The lowest BCUT2D eigenvalue weighted by molar-refractivity contribution is 0.825. The zero-order chi connectivity index (χ0) is 9.42. The zero-order valence-electron chi connectivity index (χ0n) is 8.59. The molecule has 2 heteroatoms. The van der Waals surface area contributed by atoms with E-state index in [0.717, 1.165) is 5.82 Å². The van der Waals surface area contributed by atoms with E-state index in [4.69, 9.17) is 0 Å². The van der Waals surface area contributed by atoms with Crippen LogP contribution < -0.4 is 10.7 Å². The lowest BCUT2D eigenvalue weighted by Gasteiger charge is -1.93. The van der Waals surface area contributed by atoms with Gasteiger partial charge in [-0.2, -0.15) is 0 Å². The average molecular weight is 176 g/mol. The van der Waals surface area contributed by atoms with Gasteiger partial charge in [0.25, 0.3) is 0 Å². The van der Waals surface area contributed by atoms with E-state index in [0.29, 0.717) is 0 Å². The van der Waals surface area contributed by atoms with Crippen molar-refractivity contribution in [3.8, 4) is 0 Å². The molecule has 0 radical (unpaired) electrons. The summed E-state index contributed by atoms with van der Waals surface area (Å²) in [6, 6.07) is 0. The maximum Gasteiger partial charge on any atom is 0.106 e. The van der Waals surface area contributed by atoms with E-state index >= 15 is 0 Å². The van der Waals surface area contributed by atoms with Gasteiger partial charge in [0.2, 0.25) is 0 Å². The van der Waals surface area contributed by atoms with E-state index < -0.39 is 0 Å². The SMILES string of the molecule is CC1=c2nc(C)n(C)c2=CCCC1. The minimum absolute atomic E-state index is 1.11. The van der Waals surface area contributed by atoms with Crippen LogP contribution in [0.25, 0.3) is 11.6 Å². The second-order valence-corrected chi connectivity index (χ2v) is 3.83. The Bertz CT molecular complexity index is 437. The average Bonchev–Trinajstić information content (AvgIpc) is 2.30. The minimum Gasteiger partial charge on any atom is -0.332 e. The van der Waals surface area contributed by atoms with E-state index in [9.17, 15) is 0 Å². The van der Waals surface area contributed by atoms with Gasteiger partial charge in [-0.3, -0.25) is 0 Å². The van der Waals surface area contributed by atoms with Gasteiger partial charge in [-0.05, 0) is 38.7 Å². The van der Waals surface area contributed by atoms with Gasteiger partial charge >= 0.3 is 0 Å². The Balaban J connectivity index is 2.87. The van der Waals surface area contributed by atoms with Crippen LogP contribution in [0.3, 0.4) is 0 Å². The van der Waals surface area contributed by atoms with Crippen molar-refractivity contribution in [1.82, 2.24) is 9.55 Å². The van der Waals surface area contributed by atoms with E-state index in [2.05, 4.69) is 36.5 Å². The van der Waals surface area contributed by atoms with Gasteiger partial charge in [-0.15, -0.1) is 0 Å².